The minimum Gasteiger partial charge on any atom is -0.385 e. The van der Waals surface area contributed by atoms with E-state index in [1.165, 1.54) is 0 Å². The number of carbonyl (C=O) groups is 1. The van der Waals surface area contributed by atoms with Crippen molar-refractivity contribution in [2.45, 2.75) is 19.9 Å². The Morgan fingerprint density at radius 1 is 1.45 bits per heavy atom. The average molecular weight is 296 g/mol. The van der Waals surface area contributed by atoms with E-state index in [1.54, 1.807) is 6.07 Å². The van der Waals surface area contributed by atoms with E-state index in [-0.39, 0.29) is 5.91 Å². The molecule has 0 spiro atoms. The third-order valence-corrected chi connectivity index (χ3v) is 4.06. The van der Waals surface area contributed by atoms with E-state index in [1.807, 2.05) is 24.0 Å². The van der Waals surface area contributed by atoms with E-state index >= 15 is 0 Å². The molecular weight excluding hydrogens is 274 g/mol. The summed E-state index contributed by atoms with van der Waals surface area (Å²) in [5.74, 6) is 0.0587. The Balaban J connectivity index is 2.22. The first-order chi connectivity index (χ1) is 9.52. The van der Waals surface area contributed by atoms with Gasteiger partial charge in [-0.25, -0.2) is 0 Å². The summed E-state index contributed by atoms with van der Waals surface area (Å²) < 4.78 is 0. The second kappa shape index (κ2) is 6.46. The zero-order valence-electron chi connectivity index (χ0n) is 12.3. The molecule has 1 N–H and O–H groups in total. The van der Waals surface area contributed by atoms with Gasteiger partial charge in [-0.15, -0.1) is 0 Å². The van der Waals surface area contributed by atoms with E-state index in [4.69, 9.17) is 11.6 Å². The SMILES string of the molecule is CCNc1ccc(Cl)cc1C(=O)N1CCN(C)C(C)C1. The summed E-state index contributed by atoms with van der Waals surface area (Å²) in [6.45, 7) is 7.36. The Hall–Kier alpha value is -1.26. The van der Waals surface area contributed by atoms with Crippen molar-refractivity contribution in [2.24, 2.45) is 0 Å². The van der Waals surface area contributed by atoms with Gasteiger partial charge in [-0.05, 0) is 39.1 Å². The average Bonchev–Trinajstić information content (AvgIpc) is 2.43. The number of carbonyl (C=O) groups excluding carboxylic acids is 1. The first-order valence-electron chi connectivity index (χ1n) is 7.06. The van der Waals surface area contributed by atoms with Crippen molar-refractivity contribution in [3.8, 4) is 0 Å². The molecule has 1 atom stereocenters. The van der Waals surface area contributed by atoms with Crippen LogP contribution >= 0.6 is 11.6 Å². The highest BCUT2D eigenvalue weighted by Gasteiger charge is 2.26. The van der Waals surface area contributed by atoms with E-state index < -0.39 is 0 Å². The highest BCUT2D eigenvalue weighted by Crippen LogP contribution is 2.23. The van der Waals surface area contributed by atoms with E-state index in [0.717, 1.165) is 31.9 Å². The maximum atomic E-state index is 12.7. The number of nitrogens with one attached hydrogen (secondary N) is 1. The van der Waals surface area contributed by atoms with Gasteiger partial charge in [-0.1, -0.05) is 11.6 Å². The summed E-state index contributed by atoms with van der Waals surface area (Å²) in [7, 11) is 2.09. The monoisotopic (exact) mass is 295 g/mol. The highest BCUT2D eigenvalue weighted by molar-refractivity contribution is 6.31. The van der Waals surface area contributed by atoms with E-state index in [9.17, 15) is 4.79 Å². The first kappa shape index (κ1) is 15.1. The highest BCUT2D eigenvalue weighted by atomic mass is 35.5. The standard InChI is InChI=1S/C15H22ClN3O/c1-4-17-14-6-5-12(16)9-13(14)15(20)19-8-7-18(3)11(2)10-19/h5-6,9,11,17H,4,7-8,10H2,1-3H3. The largest absolute Gasteiger partial charge is 0.385 e. The molecule has 1 amide bonds. The number of nitrogens with zero attached hydrogens (tertiary/aromatic N) is 2. The molecule has 4 nitrogen and oxygen atoms in total. The number of halogens is 1. The second-order valence-corrected chi connectivity index (χ2v) is 5.74. The van der Waals surface area contributed by atoms with Gasteiger partial charge >= 0.3 is 0 Å². The number of hydrogen-bond donors (Lipinski definition) is 1. The van der Waals surface area contributed by atoms with Gasteiger partial charge in [0.1, 0.15) is 0 Å². The topological polar surface area (TPSA) is 35.6 Å². The maximum absolute atomic E-state index is 12.7. The fourth-order valence-corrected chi connectivity index (χ4v) is 2.61. The summed E-state index contributed by atoms with van der Waals surface area (Å²) in [4.78, 5) is 16.9. The predicted octanol–water partition coefficient (Wildman–Crippen LogP) is 2.55. The smallest absolute Gasteiger partial charge is 0.256 e. The van der Waals surface area contributed by atoms with Crippen molar-refractivity contribution < 1.29 is 4.79 Å². The lowest BCUT2D eigenvalue weighted by atomic mass is 10.1. The summed E-state index contributed by atoms with van der Waals surface area (Å²) >= 11 is 6.05. The number of amides is 1. The van der Waals surface area contributed by atoms with Gasteiger partial charge in [0.05, 0.1) is 5.56 Å². The Labute approximate surface area is 125 Å². The maximum Gasteiger partial charge on any atom is 0.256 e. The van der Waals surface area contributed by atoms with Crippen molar-refractivity contribution in [1.29, 1.82) is 0 Å². The molecule has 5 heteroatoms. The minimum absolute atomic E-state index is 0.0587. The minimum atomic E-state index is 0.0587. The molecule has 0 aromatic heterocycles. The third kappa shape index (κ3) is 3.25. The van der Waals surface area contributed by atoms with Gasteiger partial charge in [0.2, 0.25) is 0 Å². The fourth-order valence-electron chi connectivity index (χ4n) is 2.44. The Kier molecular flexibility index (Phi) is 4.89. The fraction of sp³-hybridized carbons (Fsp3) is 0.533. The predicted molar refractivity (Wildman–Crippen MR) is 83.6 cm³/mol. The number of benzene rings is 1. The molecule has 1 aliphatic heterocycles. The molecule has 110 valence electrons. The van der Waals surface area contributed by atoms with Crippen LogP contribution in [0, 0.1) is 0 Å². The van der Waals surface area contributed by atoms with E-state index in [0.29, 0.717) is 16.6 Å². The summed E-state index contributed by atoms with van der Waals surface area (Å²) in [5.41, 5.74) is 1.52. The molecule has 20 heavy (non-hydrogen) atoms. The Bertz CT molecular complexity index is 492. The van der Waals surface area contributed by atoms with Crippen molar-refractivity contribution >= 4 is 23.2 Å². The quantitative estimate of drug-likeness (QED) is 0.931. The third-order valence-electron chi connectivity index (χ3n) is 3.83. The molecule has 1 saturated heterocycles. The normalized spacial score (nSPS) is 20.0. The molecule has 1 heterocycles. The molecule has 0 saturated carbocycles. The Morgan fingerprint density at radius 3 is 2.85 bits per heavy atom. The molecule has 1 unspecified atom stereocenters. The lowest BCUT2D eigenvalue weighted by Gasteiger charge is -2.38. The van der Waals surface area contributed by atoms with Crippen LogP contribution in [0.25, 0.3) is 0 Å². The lowest BCUT2D eigenvalue weighted by Crippen LogP contribution is -2.52. The molecule has 2 rings (SSSR count). The van der Waals surface area contributed by atoms with Crippen LogP contribution in [0.15, 0.2) is 18.2 Å². The first-order valence-corrected chi connectivity index (χ1v) is 7.43. The van der Waals surface area contributed by atoms with Crippen LogP contribution < -0.4 is 5.32 Å². The van der Waals surface area contributed by atoms with Crippen LogP contribution in [0.3, 0.4) is 0 Å². The van der Waals surface area contributed by atoms with Crippen LogP contribution in [0.5, 0.6) is 0 Å². The number of anilines is 1. The molecule has 1 fully saturated rings. The number of rotatable bonds is 3. The molecule has 1 aromatic carbocycles. The molecule has 0 bridgehead atoms. The zero-order chi connectivity index (χ0) is 14.7. The van der Waals surface area contributed by atoms with Gasteiger partial charge in [0.15, 0.2) is 0 Å². The summed E-state index contributed by atoms with van der Waals surface area (Å²) in [6.07, 6.45) is 0. The number of hydrogen-bond acceptors (Lipinski definition) is 3. The van der Waals surface area contributed by atoms with Crippen LogP contribution in [0.4, 0.5) is 5.69 Å². The van der Waals surface area contributed by atoms with Crippen molar-refractivity contribution in [3.05, 3.63) is 28.8 Å². The van der Waals surface area contributed by atoms with Gasteiger partial charge in [0.25, 0.3) is 5.91 Å². The molecule has 1 aromatic rings. The van der Waals surface area contributed by atoms with Gasteiger partial charge < -0.3 is 15.1 Å². The summed E-state index contributed by atoms with van der Waals surface area (Å²) in [5, 5.41) is 3.82. The molecule has 0 aliphatic carbocycles. The summed E-state index contributed by atoms with van der Waals surface area (Å²) in [6, 6.07) is 5.82. The van der Waals surface area contributed by atoms with Crippen LogP contribution in [-0.4, -0.2) is 55.0 Å². The lowest BCUT2D eigenvalue weighted by molar-refractivity contribution is 0.0573. The van der Waals surface area contributed by atoms with Crippen LogP contribution in [0.1, 0.15) is 24.2 Å². The van der Waals surface area contributed by atoms with Crippen LogP contribution in [-0.2, 0) is 0 Å². The molecular formula is C15H22ClN3O. The number of piperazine rings is 1. The van der Waals surface area contributed by atoms with Crippen molar-refractivity contribution in [2.75, 3.05) is 38.5 Å². The number of likely N-dealkylation sites (N-methyl/N-ethyl adjacent to an activating group) is 1. The van der Waals surface area contributed by atoms with Crippen molar-refractivity contribution in [1.82, 2.24) is 9.80 Å². The van der Waals surface area contributed by atoms with Crippen LogP contribution in [0.2, 0.25) is 5.02 Å². The van der Waals surface area contributed by atoms with Crippen molar-refractivity contribution in [3.63, 3.8) is 0 Å². The van der Waals surface area contributed by atoms with Gasteiger partial charge in [-0.2, -0.15) is 0 Å². The van der Waals surface area contributed by atoms with Gasteiger partial charge in [0, 0.05) is 42.9 Å². The van der Waals surface area contributed by atoms with Gasteiger partial charge in [-0.3, -0.25) is 4.79 Å². The zero-order valence-corrected chi connectivity index (χ0v) is 13.1. The Morgan fingerprint density at radius 2 is 2.20 bits per heavy atom. The molecule has 0 radical (unpaired) electrons. The second-order valence-electron chi connectivity index (χ2n) is 5.30. The molecule has 1 aliphatic rings. The van der Waals surface area contributed by atoms with E-state index in [2.05, 4.69) is 24.2 Å².